The first-order chi connectivity index (χ1) is 9.84. The van der Waals surface area contributed by atoms with Crippen molar-refractivity contribution in [2.45, 2.75) is 39.2 Å². The smallest absolute Gasteiger partial charge is 0.228 e. The molecular weight excluding hydrogens is 290 g/mol. The summed E-state index contributed by atoms with van der Waals surface area (Å²) in [6.45, 7) is 4.39. The summed E-state index contributed by atoms with van der Waals surface area (Å²) in [5.41, 5.74) is 6.21. The Morgan fingerprint density at radius 1 is 1.52 bits per heavy atom. The summed E-state index contributed by atoms with van der Waals surface area (Å²) < 4.78 is 5.08. The molecule has 0 saturated heterocycles. The highest BCUT2D eigenvalue weighted by Gasteiger charge is 2.34. The molecule has 1 aromatic rings. The summed E-state index contributed by atoms with van der Waals surface area (Å²) in [5.74, 6) is -0.0962. The van der Waals surface area contributed by atoms with Crippen LogP contribution in [-0.2, 0) is 16.0 Å². The highest BCUT2D eigenvalue weighted by Crippen LogP contribution is 2.38. The first kappa shape index (κ1) is 16.1. The maximum atomic E-state index is 12.1. The van der Waals surface area contributed by atoms with Crippen LogP contribution < -0.4 is 11.1 Å². The van der Waals surface area contributed by atoms with Gasteiger partial charge in [0.05, 0.1) is 23.1 Å². The quantitative estimate of drug-likeness (QED) is 0.861. The number of amides is 1. The van der Waals surface area contributed by atoms with Gasteiger partial charge in [-0.1, -0.05) is 25.2 Å². The van der Waals surface area contributed by atoms with Gasteiger partial charge in [0.25, 0.3) is 0 Å². The standard InChI is InChI=1S/C14H21N3O3S/c1-14(2)5-9-12(10(18)6-14)21-13(16-9)17-11(19)4-8(7-15)20-3/h8H,4-7,15H2,1-3H3,(H,16,17,19). The van der Waals surface area contributed by atoms with Crippen LogP contribution in [-0.4, -0.2) is 36.4 Å². The summed E-state index contributed by atoms with van der Waals surface area (Å²) >= 11 is 1.25. The molecule has 0 bridgehead atoms. The van der Waals surface area contributed by atoms with Crippen molar-refractivity contribution in [3.05, 3.63) is 10.6 Å². The zero-order valence-electron chi connectivity index (χ0n) is 12.6. The number of ketones is 1. The van der Waals surface area contributed by atoms with E-state index in [2.05, 4.69) is 24.1 Å². The van der Waals surface area contributed by atoms with Gasteiger partial charge in [-0.3, -0.25) is 9.59 Å². The number of Topliss-reactive ketones (excluding diaryl/α,β-unsaturated/α-hetero) is 1. The molecule has 21 heavy (non-hydrogen) atoms. The molecule has 1 heterocycles. The van der Waals surface area contributed by atoms with Gasteiger partial charge in [-0.25, -0.2) is 4.98 Å². The van der Waals surface area contributed by atoms with Gasteiger partial charge in [0.1, 0.15) is 0 Å². The molecule has 0 aromatic carbocycles. The fraction of sp³-hybridized carbons (Fsp3) is 0.643. The molecule has 0 aliphatic heterocycles. The van der Waals surface area contributed by atoms with Crippen molar-refractivity contribution in [2.75, 3.05) is 19.0 Å². The molecule has 1 aliphatic rings. The summed E-state index contributed by atoms with van der Waals surface area (Å²) in [6, 6.07) is 0. The molecule has 1 aliphatic carbocycles. The number of ether oxygens (including phenoxy) is 1. The Balaban J connectivity index is 2.07. The van der Waals surface area contributed by atoms with Gasteiger partial charge in [0.2, 0.25) is 5.91 Å². The maximum Gasteiger partial charge on any atom is 0.228 e. The number of fused-ring (bicyclic) bond motifs is 1. The van der Waals surface area contributed by atoms with Crippen molar-refractivity contribution in [3.63, 3.8) is 0 Å². The monoisotopic (exact) mass is 311 g/mol. The predicted molar refractivity (Wildman–Crippen MR) is 81.6 cm³/mol. The van der Waals surface area contributed by atoms with Crippen LogP contribution in [0.1, 0.15) is 42.1 Å². The van der Waals surface area contributed by atoms with Crippen LogP contribution in [0.5, 0.6) is 0 Å². The molecule has 7 heteroatoms. The molecule has 0 fully saturated rings. The summed E-state index contributed by atoms with van der Waals surface area (Å²) in [7, 11) is 1.52. The minimum Gasteiger partial charge on any atom is -0.380 e. The molecule has 6 nitrogen and oxygen atoms in total. The van der Waals surface area contributed by atoms with Crippen molar-refractivity contribution in [3.8, 4) is 0 Å². The van der Waals surface area contributed by atoms with Crippen molar-refractivity contribution in [1.29, 1.82) is 0 Å². The van der Waals surface area contributed by atoms with E-state index in [-0.39, 0.29) is 36.2 Å². The molecule has 1 aromatic heterocycles. The van der Waals surface area contributed by atoms with E-state index in [9.17, 15) is 9.59 Å². The SMILES string of the molecule is COC(CN)CC(=O)Nc1nc2c(s1)C(=O)CC(C)(C)C2. The molecule has 1 amide bonds. The molecule has 0 spiro atoms. The Bertz CT molecular complexity index is 550. The highest BCUT2D eigenvalue weighted by atomic mass is 32.1. The summed E-state index contributed by atoms with van der Waals surface area (Å²) in [6.07, 6.45) is 1.15. The number of carbonyl (C=O) groups excluding carboxylic acids is 2. The molecule has 3 N–H and O–H groups in total. The van der Waals surface area contributed by atoms with Gasteiger partial charge in [0.15, 0.2) is 10.9 Å². The molecule has 1 unspecified atom stereocenters. The van der Waals surface area contributed by atoms with E-state index in [1.165, 1.54) is 18.4 Å². The van der Waals surface area contributed by atoms with Gasteiger partial charge < -0.3 is 15.8 Å². The van der Waals surface area contributed by atoms with E-state index in [0.717, 1.165) is 12.1 Å². The van der Waals surface area contributed by atoms with Crippen LogP contribution in [0.25, 0.3) is 0 Å². The van der Waals surface area contributed by atoms with Crippen LogP contribution >= 0.6 is 11.3 Å². The molecule has 0 radical (unpaired) electrons. The zero-order valence-corrected chi connectivity index (χ0v) is 13.4. The van der Waals surface area contributed by atoms with Crippen LogP contribution in [0.3, 0.4) is 0 Å². The Morgan fingerprint density at radius 3 is 2.86 bits per heavy atom. The number of rotatable bonds is 5. The second-order valence-electron chi connectivity index (χ2n) is 6.08. The first-order valence-corrected chi connectivity index (χ1v) is 7.72. The molecule has 116 valence electrons. The number of carbonyl (C=O) groups is 2. The number of aromatic nitrogens is 1. The third-order valence-electron chi connectivity index (χ3n) is 3.49. The number of methoxy groups -OCH3 is 1. The number of hydrogen-bond acceptors (Lipinski definition) is 6. The van der Waals surface area contributed by atoms with Gasteiger partial charge >= 0.3 is 0 Å². The molecular formula is C14H21N3O3S. The van der Waals surface area contributed by atoms with Crippen LogP contribution in [0.15, 0.2) is 0 Å². The van der Waals surface area contributed by atoms with Crippen molar-refractivity contribution < 1.29 is 14.3 Å². The van der Waals surface area contributed by atoms with E-state index < -0.39 is 0 Å². The first-order valence-electron chi connectivity index (χ1n) is 6.90. The van der Waals surface area contributed by atoms with Crippen molar-refractivity contribution in [2.24, 2.45) is 11.1 Å². The number of nitrogens with zero attached hydrogens (tertiary/aromatic N) is 1. The number of hydrogen-bond donors (Lipinski definition) is 2. The third kappa shape index (κ3) is 3.87. The summed E-state index contributed by atoms with van der Waals surface area (Å²) in [4.78, 5) is 29.1. The van der Waals surface area contributed by atoms with Gasteiger partial charge in [-0.2, -0.15) is 0 Å². The minimum absolute atomic E-state index is 0.0693. The average molecular weight is 311 g/mol. The van der Waals surface area contributed by atoms with Gasteiger partial charge in [-0.15, -0.1) is 0 Å². The topological polar surface area (TPSA) is 94.3 Å². The molecule has 2 rings (SSSR count). The Hall–Kier alpha value is -1.31. The molecule has 1 atom stereocenters. The lowest BCUT2D eigenvalue weighted by molar-refractivity contribution is -0.118. The number of nitrogens with one attached hydrogen (secondary N) is 1. The number of anilines is 1. The van der Waals surface area contributed by atoms with E-state index >= 15 is 0 Å². The lowest BCUT2D eigenvalue weighted by Crippen LogP contribution is -2.28. The minimum atomic E-state index is -0.305. The van der Waals surface area contributed by atoms with Crippen LogP contribution in [0, 0.1) is 5.41 Å². The number of nitrogens with two attached hydrogens (primary N) is 1. The zero-order chi connectivity index (χ0) is 15.6. The highest BCUT2D eigenvalue weighted by molar-refractivity contribution is 7.17. The Labute approximate surface area is 128 Å². The maximum absolute atomic E-state index is 12.1. The largest absolute Gasteiger partial charge is 0.380 e. The fourth-order valence-electron chi connectivity index (χ4n) is 2.41. The fourth-order valence-corrected chi connectivity index (χ4v) is 3.35. The Morgan fingerprint density at radius 2 is 2.24 bits per heavy atom. The normalized spacial score (nSPS) is 18.2. The Kier molecular flexibility index (Phi) is 4.75. The van der Waals surface area contributed by atoms with E-state index in [1.807, 2.05) is 0 Å². The van der Waals surface area contributed by atoms with Crippen molar-refractivity contribution >= 4 is 28.2 Å². The second-order valence-corrected chi connectivity index (χ2v) is 7.08. The van der Waals surface area contributed by atoms with Gasteiger partial charge in [0, 0.05) is 20.1 Å². The van der Waals surface area contributed by atoms with Crippen LogP contribution in [0.2, 0.25) is 0 Å². The van der Waals surface area contributed by atoms with E-state index in [0.29, 0.717) is 16.4 Å². The second kappa shape index (κ2) is 6.21. The van der Waals surface area contributed by atoms with E-state index in [1.54, 1.807) is 0 Å². The third-order valence-corrected chi connectivity index (χ3v) is 4.55. The van der Waals surface area contributed by atoms with E-state index in [4.69, 9.17) is 10.5 Å². The van der Waals surface area contributed by atoms with Gasteiger partial charge in [-0.05, 0) is 11.8 Å². The lowest BCUT2D eigenvalue weighted by atomic mass is 9.78. The molecule has 0 saturated carbocycles. The lowest BCUT2D eigenvalue weighted by Gasteiger charge is -2.26. The van der Waals surface area contributed by atoms with Crippen molar-refractivity contribution in [1.82, 2.24) is 4.98 Å². The average Bonchev–Trinajstić information content (AvgIpc) is 2.76. The van der Waals surface area contributed by atoms with Crippen LogP contribution in [0.4, 0.5) is 5.13 Å². The number of thiazole rings is 1. The predicted octanol–water partition coefficient (Wildman–Crippen LogP) is 1.60. The summed E-state index contributed by atoms with van der Waals surface area (Å²) in [5, 5.41) is 3.20.